The number of aliphatic hydroxyl groups is 1. The molecule has 1 unspecified atom stereocenters. The second kappa shape index (κ2) is 7.20. The summed E-state index contributed by atoms with van der Waals surface area (Å²) in [5.41, 5.74) is 0. The number of hydrogen-bond donors (Lipinski definition) is 4. The number of aliphatic hydroxyl groups excluding tert-OH is 1. The maximum Gasteiger partial charge on any atom is 0.328 e. The first-order valence-electron chi connectivity index (χ1n) is 6.45. The third-order valence-corrected chi connectivity index (χ3v) is 3.50. The summed E-state index contributed by atoms with van der Waals surface area (Å²) in [7, 11) is 0. The normalized spacial score (nSPS) is 19.9. The highest BCUT2D eigenvalue weighted by Crippen LogP contribution is 2.26. The van der Waals surface area contributed by atoms with E-state index in [-0.39, 0.29) is 6.04 Å². The van der Waals surface area contributed by atoms with E-state index in [0.29, 0.717) is 5.92 Å². The summed E-state index contributed by atoms with van der Waals surface area (Å²) in [5, 5.41) is 22.5. The van der Waals surface area contributed by atoms with Gasteiger partial charge in [0.2, 0.25) is 0 Å². The predicted octanol–water partition coefficient (Wildman–Crippen LogP) is 0.700. The van der Waals surface area contributed by atoms with Crippen LogP contribution in [0.15, 0.2) is 0 Å². The van der Waals surface area contributed by atoms with Crippen molar-refractivity contribution in [2.45, 2.75) is 51.1 Å². The summed E-state index contributed by atoms with van der Waals surface area (Å²) in [6, 6.07) is -1.75. The molecule has 18 heavy (non-hydrogen) atoms. The molecule has 0 saturated heterocycles. The number of aliphatic carboxylic acids is 1. The highest BCUT2D eigenvalue weighted by molar-refractivity contribution is 5.82. The molecule has 0 aromatic heterocycles. The van der Waals surface area contributed by atoms with Crippen molar-refractivity contribution in [1.29, 1.82) is 0 Å². The van der Waals surface area contributed by atoms with Crippen LogP contribution in [0.4, 0.5) is 4.79 Å². The van der Waals surface area contributed by atoms with Crippen LogP contribution in [0.3, 0.4) is 0 Å². The van der Waals surface area contributed by atoms with Gasteiger partial charge in [0.25, 0.3) is 0 Å². The van der Waals surface area contributed by atoms with Crippen LogP contribution >= 0.6 is 0 Å². The van der Waals surface area contributed by atoms with Crippen LogP contribution in [0.1, 0.15) is 39.0 Å². The number of carbonyl (C=O) groups is 2. The van der Waals surface area contributed by atoms with Gasteiger partial charge in [-0.1, -0.05) is 19.3 Å². The third-order valence-electron chi connectivity index (χ3n) is 3.50. The van der Waals surface area contributed by atoms with Gasteiger partial charge in [0.15, 0.2) is 6.04 Å². The molecule has 6 heteroatoms. The van der Waals surface area contributed by atoms with E-state index in [1.54, 1.807) is 0 Å². The fourth-order valence-corrected chi connectivity index (χ4v) is 2.34. The maximum absolute atomic E-state index is 11.6. The van der Waals surface area contributed by atoms with Crippen molar-refractivity contribution >= 4 is 12.0 Å². The van der Waals surface area contributed by atoms with Gasteiger partial charge in [0, 0.05) is 6.04 Å². The molecule has 1 fully saturated rings. The SMILES string of the molecule is CC(NC(=O)N[C@@H](CO)C(=O)O)C1CCCCC1. The highest BCUT2D eigenvalue weighted by Gasteiger charge is 2.23. The Morgan fingerprint density at radius 3 is 2.33 bits per heavy atom. The van der Waals surface area contributed by atoms with Crippen molar-refractivity contribution in [1.82, 2.24) is 10.6 Å². The van der Waals surface area contributed by atoms with Crippen molar-refractivity contribution in [3.8, 4) is 0 Å². The monoisotopic (exact) mass is 258 g/mol. The summed E-state index contributed by atoms with van der Waals surface area (Å²) in [6.07, 6.45) is 5.83. The molecule has 0 heterocycles. The first-order valence-corrected chi connectivity index (χ1v) is 6.45. The Kier molecular flexibility index (Phi) is 5.91. The van der Waals surface area contributed by atoms with Crippen molar-refractivity contribution in [3.05, 3.63) is 0 Å². The molecule has 1 aliphatic carbocycles. The van der Waals surface area contributed by atoms with E-state index >= 15 is 0 Å². The summed E-state index contributed by atoms with van der Waals surface area (Å²) >= 11 is 0. The lowest BCUT2D eigenvalue weighted by molar-refractivity contribution is -0.140. The fraction of sp³-hybridized carbons (Fsp3) is 0.833. The molecule has 2 amide bonds. The molecule has 0 aromatic rings. The number of hydrogen-bond acceptors (Lipinski definition) is 3. The van der Waals surface area contributed by atoms with Gasteiger partial charge in [-0.2, -0.15) is 0 Å². The summed E-state index contributed by atoms with van der Waals surface area (Å²) in [5.74, 6) is -0.778. The van der Waals surface area contributed by atoms with Gasteiger partial charge in [-0.3, -0.25) is 0 Å². The van der Waals surface area contributed by atoms with Gasteiger partial charge in [-0.15, -0.1) is 0 Å². The fourth-order valence-electron chi connectivity index (χ4n) is 2.34. The third kappa shape index (κ3) is 4.52. The van der Waals surface area contributed by atoms with E-state index in [9.17, 15) is 9.59 Å². The molecule has 104 valence electrons. The smallest absolute Gasteiger partial charge is 0.328 e. The van der Waals surface area contributed by atoms with Crippen molar-refractivity contribution in [2.24, 2.45) is 5.92 Å². The quantitative estimate of drug-likeness (QED) is 0.583. The number of urea groups is 1. The van der Waals surface area contributed by atoms with Gasteiger partial charge in [0.1, 0.15) is 0 Å². The van der Waals surface area contributed by atoms with Gasteiger partial charge >= 0.3 is 12.0 Å². The maximum atomic E-state index is 11.6. The van der Waals surface area contributed by atoms with Gasteiger partial charge in [-0.05, 0) is 25.7 Å². The number of carboxylic acid groups (broad SMARTS) is 1. The minimum absolute atomic E-state index is 0.0263. The van der Waals surface area contributed by atoms with Crippen molar-refractivity contribution < 1.29 is 19.8 Å². The van der Waals surface area contributed by atoms with Gasteiger partial charge in [-0.25, -0.2) is 9.59 Å². The van der Waals surface area contributed by atoms with E-state index in [2.05, 4.69) is 10.6 Å². The predicted molar refractivity (Wildman–Crippen MR) is 66.2 cm³/mol. The van der Waals surface area contributed by atoms with Crippen LogP contribution < -0.4 is 10.6 Å². The second-order valence-electron chi connectivity index (χ2n) is 4.88. The standard InChI is InChI=1S/C12H22N2O4/c1-8(9-5-3-2-4-6-9)13-12(18)14-10(7-15)11(16)17/h8-10,15H,2-7H2,1H3,(H,16,17)(H2,13,14,18)/t8?,10-/m0/s1. The molecule has 1 aliphatic rings. The first-order chi connectivity index (χ1) is 8.54. The van der Waals surface area contributed by atoms with E-state index in [1.807, 2.05) is 6.92 Å². The summed E-state index contributed by atoms with van der Waals surface area (Å²) in [4.78, 5) is 22.2. The van der Waals surface area contributed by atoms with Crippen LogP contribution in [0.5, 0.6) is 0 Å². The van der Waals surface area contributed by atoms with Crippen LogP contribution in [-0.4, -0.2) is 40.9 Å². The van der Waals surface area contributed by atoms with Gasteiger partial charge in [0.05, 0.1) is 6.61 Å². The Hall–Kier alpha value is -1.30. The summed E-state index contributed by atoms with van der Waals surface area (Å²) < 4.78 is 0. The Bertz CT molecular complexity index is 290. The lowest BCUT2D eigenvalue weighted by Crippen LogP contribution is -2.51. The Morgan fingerprint density at radius 2 is 1.83 bits per heavy atom. The number of rotatable bonds is 5. The lowest BCUT2D eigenvalue weighted by Gasteiger charge is -2.28. The zero-order valence-electron chi connectivity index (χ0n) is 10.7. The van der Waals surface area contributed by atoms with Crippen LogP contribution in [0, 0.1) is 5.92 Å². The topological polar surface area (TPSA) is 98.7 Å². The zero-order valence-corrected chi connectivity index (χ0v) is 10.7. The van der Waals surface area contributed by atoms with Crippen molar-refractivity contribution in [3.63, 3.8) is 0 Å². The van der Waals surface area contributed by atoms with E-state index in [0.717, 1.165) is 12.8 Å². The van der Waals surface area contributed by atoms with E-state index < -0.39 is 24.6 Å². The molecule has 4 N–H and O–H groups in total. The average molecular weight is 258 g/mol. The molecule has 2 atom stereocenters. The number of carboxylic acids is 1. The van der Waals surface area contributed by atoms with Crippen LogP contribution in [-0.2, 0) is 4.79 Å². The molecule has 1 saturated carbocycles. The Balaban J connectivity index is 2.36. The molecule has 0 aromatic carbocycles. The molecule has 1 rings (SSSR count). The second-order valence-corrected chi connectivity index (χ2v) is 4.88. The van der Waals surface area contributed by atoms with E-state index in [4.69, 9.17) is 10.2 Å². The minimum atomic E-state index is -1.25. The molecule has 0 spiro atoms. The molecular weight excluding hydrogens is 236 g/mol. The molecule has 0 bridgehead atoms. The first kappa shape index (κ1) is 14.8. The minimum Gasteiger partial charge on any atom is -0.480 e. The average Bonchev–Trinajstić information content (AvgIpc) is 2.36. The van der Waals surface area contributed by atoms with Gasteiger partial charge < -0.3 is 20.8 Å². The summed E-state index contributed by atoms with van der Waals surface area (Å²) in [6.45, 7) is 1.32. The van der Waals surface area contributed by atoms with Crippen molar-refractivity contribution in [2.75, 3.05) is 6.61 Å². The molecule has 6 nitrogen and oxygen atoms in total. The Morgan fingerprint density at radius 1 is 1.22 bits per heavy atom. The zero-order chi connectivity index (χ0) is 13.5. The number of carbonyl (C=O) groups excluding carboxylic acids is 1. The number of nitrogens with one attached hydrogen (secondary N) is 2. The lowest BCUT2D eigenvalue weighted by atomic mass is 9.85. The van der Waals surface area contributed by atoms with E-state index in [1.165, 1.54) is 19.3 Å². The largest absolute Gasteiger partial charge is 0.480 e. The highest BCUT2D eigenvalue weighted by atomic mass is 16.4. The Labute approximate surface area is 107 Å². The molecule has 0 radical (unpaired) electrons. The molecular formula is C12H22N2O4. The van der Waals surface area contributed by atoms with Crippen LogP contribution in [0.2, 0.25) is 0 Å². The van der Waals surface area contributed by atoms with Crippen LogP contribution in [0.25, 0.3) is 0 Å². The number of amides is 2. The molecule has 0 aliphatic heterocycles.